The Morgan fingerprint density at radius 3 is 2.57 bits per heavy atom. The number of hydrogen-bond acceptors (Lipinski definition) is 4. The van der Waals surface area contributed by atoms with Crippen molar-refractivity contribution in [2.24, 2.45) is 11.1 Å². The minimum absolute atomic E-state index is 0.109. The Kier molecular flexibility index (Phi) is 4.43. The normalized spacial score (nSPS) is 21.6. The molecule has 0 bridgehead atoms. The average molecular weight is 199 g/mol. The van der Waals surface area contributed by atoms with Crippen LogP contribution in [0.4, 0.5) is 0 Å². The number of methoxy groups -OCH3 is 1. The number of carbonyl (C=O) groups is 1. The van der Waals surface area contributed by atoms with Crippen LogP contribution in [-0.2, 0) is 14.4 Å². The average Bonchev–Trinajstić information content (AvgIpc) is 2.21. The van der Waals surface area contributed by atoms with Crippen molar-refractivity contribution in [3.05, 3.63) is 0 Å². The molecule has 0 atom stereocenters. The Balaban J connectivity index is 2.29. The zero-order chi connectivity index (χ0) is 10.4. The van der Waals surface area contributed by atoms with Crippen molar-refractivity contribution >= 4 is 11.7 Å². The van der Waals surface area contributed by atoms with Gasteiger partial charge in [0.05, 0.1) is 12.8 Å². The lowest BCUT2D eigenvalue weighted by molar-refractivity contribution is -0.141. The first-order valence-electron chi connectivity index (χ1n) is 4.92. The molecule has 1 aliphatic carbocycles. The van der Waals surface area contributed by atoms with Gasteiger partial charge < -0.3 is 9.57 Å². The van der Waals surface area contributed by atoms with Gasteiger partial charge in [0, 0.05) is 6.42 Å². The van der Waals surface area contributed by atoms with E-state index in [2.05, 4.69) is 9.89 Å². The summed E-state index contributed by atoms with van der Waals surface area (Å²) in [5.41, 5.74) is 1.11. The maximum absolute atomic E-state index is 11.0. The van der Waals surface area contributed by atoms with Gasteiger partial charge in [-0.15, -0.1) is 0 Å². The SMILES string of the molecule is CON=C1CCC(CC(=O)OC)CC1. The fourth-order valence-electron chi connectivity index (χ4n) is 1.75. The van der Waals surface area contributed by atoms with Crippen molar-refractivity contribution in [3.8, 4) is 0 Å². The monoisotopic (exact) mass is 199 g/mol. The summed E-state index contributed by atoms with van der Waals surface area (Å²) in [7, 11) is 3.00. The highest BCUT2D eigenvalue weighted by molar-refractivity contribution is 5.84. The lowest BCUT2D eigenvalue weighted by Gasteiger charge is -2.21. The maximum atomic E-state index is 11.0. The molecule has 4 nitrogen and oxygen atoms in total. The van der Waals surface area contributed by atoms with Gasteiger partial charge in [-0.05, 0) is 31.6 Å². The largest absolute Gasteiger partial charge is 0.469 e. The van der Waals surface area contributed by atoms with Gasteiger partial charge in [-0.1, -0.05) is 5.16 Å². The van der Waals surface area contributed by atoms with E-state index in [0.29, 0.717) is 12.3 Å². The Bertz CT molecular complexity index is 215. The number of esters is 1. The van der Waals surface area contributed by atoms with E-state index in [-0.39, 0.29) is 5.97 Å². The van der Waals surface area contributed by atoms with E-state index in [1.807, 2.05) is 0 Å². The summed E-state index contributed by atoms with van der Waals surface area (Å²) >= 11 is 0. The van der Waals surface area contributed by atoms with Crippen molar-refractivity contribution in [1.82, 2.24) is 0 Å². The molecule has 80 valence electrons. The van der Waals surface area contributed by atoms with E-state index >= 15 is 0 Å². The Morgan fingerprint density at radius 1 is 1.43 bits per heavy atom. The highest BCUT2D eigenvalue weighted by Crippen LogP contribution is 2.25. The van der Waals surface area contributed by atoms with Crippen LogP contribution in [0.1, 0.15) is 32.1 Å². The molecule has 1 fully saturated rings. The zero-order valence-corrected chi connectivity index (χ0v) is 8.78. The second kappa shape index (κ2) is 5.62. The summed E-state index contributed by atoms with van der Waals surface area (Å²) in [5, 5.41) is 3.92. The molecule has 0 aromatic heterocycles. The van der Waals surface area contributed by atoms with E-state index in [4.69, 9.17) is 4.84 Å². The summed E-state index contributed by atoms with van der Waals surface area (Å²) in [6.45, 7) is 0. The van der Waals surface area contributed by atoms with Gasteiger partial charge in [-0.2, -0.15) is 0 Å². The molecule has 14 heavy (non-hydrogen) atoms. The minimum Gasteiger partial charge on any atom is -0.469 e. The quantitative estimate of drug-likeness (QED) is 0.514. The number of hydrogen-bond donors (Lipinski definition) is 0. The molecule has 0 saturated heterocycles. The third kappa shape index (κ3) is 3.36. The highest BCUT2D eigenvalue weighted by atomic mass is 16.6. The molecule has 0 unspecified atom stereocenters. The lowest BCUT2D eigenvalue weighted by atomic mass is 9.86. The number of ether oxygens (including phenoxy) is 1. The smallest absolute Gasteiger partial charge is 0.305 e. The van der Waals surface area contributed by atoms with Crippen LogP contribution in [-0.4, -0.2) is 25.9 Å². The molecule has 0 radical (unpaired) electrons. The van der Waals surface area contributed by atoms with E-state index < -0.39 is 0 Å². The van der Waals surface area contributed by atoms with Crippen LogP contribution in [0.5, 0.6) is 0 Å². The second-order valence-corrected chi connectivity index (χ2v) is 3.56. The molecule has 0 amide bonds. The number of nitrogens with zero attached hydrogens (tertiary/aromatic N) is 1. The Hall–Kier alpha value is -1.06. The molecule has 0 heterocycles. The first-order valence-corrected chi connectivity index (χ1v) is 4.92. The zero-order valence-electron chi connectivity index (χ0n) is 8.78. The predicted octanol–water partition coefficient (Wildman–Crippen LogP) is 1.74. The lowest BCUT2D eigenvalue weighted by Crippen LogP contribution is -2.18. The summed E-state index contributed by atoms with van der Waals surface area (Å²) in [6.07, 6.45) is 4.44. The van der Waals surface area contributed by atoms with Crippen molar-refractivity contribution in [2.45, 2.75) is 32.1 Å². The first kappa shape index (κ1) is 11.0. The third-order valence-electron chi connectivity index (χ3n) is 2.59. The van der Waals surface area contributed by atoms with E-state index in [9.17, 15) is 4.79 Å². The van der Waals surface area contributed by atoms with Crippen LogP contribution in [0.25, 0.3) is 0 Å². The fraction of sp³-hybridized carbons (Fsp3) is 0.800. The Labute approximate surface area is 84.3 Å². The summed E-state index contributed by atoms with van der Waals surface area (Å²) in [5.74, 6) is 0.348. The van der Waals surface area contributed by atoms with Gasteiger partial charge in [-0.25, -0.2) is 0 Å². The van der Waals surface area contributed by atoms with Crippen molar-refractivity contribution in [2.75, 3.05) is 14.2 Å². The van der Waals surface area contributed by atoms with Gasteiger partial charge in [0.25, 0.3) is 0 Å². The third-order valence-corrected chi connectivity index (χ3v) is 2.59. The van der Waals surface area contributed by atoms with E-state index in [1.165, 1.54) is 7.11 Å². The van der Waals surface area contributed by atoms with Crippen LogP contribution in [0, 0.1) is 5.92 Å². The molecule has 0 aromatic rings. The van der Waals surface area contributed by atoms with E-state index in [1.54, 1.807) is 7.11 Å². The van der Waals surface area contributed by atoms with Gasteiger partial charge >= 0.3 is 5.97 Å². The topological polar surface area (TPSA) is 47.9 Å². The molecule has 1 saturated carbocycles. The molecule has 0 aromatic carbocycles. The van der Waals surface area contributed by atoms with Crippen LogP contribution in [0.3, 0.4) is 0 Å². The summed E-state index contributed by atoms with van der Waals surface area (Å²) in [6, 6.07) is 0. The maximum Gasteiger partial charge on any atom is 0.305 e. The van der Waals surface area contributed by atoms with Gasteiger partial charge in [-0.3, -0.25) is 4.79 Å². The van der Waals surface area contributed by atoms with Crippen LogP contribution in [0.15, 0.2) is 5.16 Å². The molecular weight excluding hydrogens is 182 g/mol. The van der Waals surface area contributed by atoms with Crippen molar-refractivity contribution in [3.63, 3.8) is 0 Å². The predicted molar refractivity (Wildman–Crippen MR) is 53.0 cm³/mol. The molecule has 0 spiro atoms. The van der Waals surface area contributed by atoms with Crippen LogP contribution >= 0.6 is 0 Å². The number of carbonyl (C=O) groups excluding carboxylic acids is 1. The molecule has 0 N–H and O–H groups in total. The molecule has 1 aliphatic rings. The van der Waals surface area contributed by atoms with Gasteiger partial charge in [0.15, 0.2) is 0 Å². The highest BCUT2D eigenvalue weighted by Gasteiger charge is 2.20. The molecule has 0 aliphatic heterocycles. The number of oxime groups is 1. The summed E-state index contributed by atoms with van der Waals surface area (Å²) < 4.78 is 4.63. The van der Waals surface area contributed by atoms with Gasteiger partial charge in [0.2, 0.25) is 0 Å². The van der Waals surface area contributed by atoms with Crippen LogP contribution in [0.2, 0.25) is 0 Å². The van der Waals surface area contributed by atoms with Crippen LogP contribution < -0.4 is 0 Å². The fourth-order valence-corrected chi connectivity index (χ4v) is 1.75. The second-order valence-electron chi connectivity index (χ2n) is 3.56. The first-order chi connectivity index (χ1) is 6.76. The van der Waals surface area contributed by atoms with Crippen molar-refractivity contribution in [1.29, 1.82) is 0 Å². The van der Waals surface area contributed by atoms with E-state index in [0.717, 1.165) is 31.4 Å². The minimum atomic E-state index is -0.109. The van der Waals surface area contributed by atoms with Crippen molar-refractivity contribution < 1.29 is 14.4 Å². The Morgan fingerprint density at radius 2 is 2.07 bits per heavy atom. The molecule has 4 heteroatoms. The molecule has 1 rings (SSSR count). The standard InChI is InChI=1S/C10H17NO3/c1-13-10(12)7-8-3-5-9(6-4-8)11-14-2/h8H,3-7H2,1-2H3. The van der Waals surface area contributed by atoms with Gasteiger partial charge in [0.1, 0.15) is 7.11 Å². The molecular formula is C10H17NO3. The summed E-state index contributed by atoms with van der Waals surface area (Å²) in [4.78, 5) is 15.7. The number of rotatable bonds is 3.